The van der Waals surface area contributed by atoms with Crippen molar-refractivity contribution >= 4 is 219 Å². The summed E-state index contributed by atoms with van der Waals surface area (Å²) in [5.41, 5.74) is 4.22. The molecule has 3 aromatic rings. The first kappa shape index (κ1) is 52.6. The normalized spacial score (nSPS) is 11.0. The number of H-pyrrole nitrogens is 1. The Kier molecular flexibility index (Phi) is 20.9. The van der Waals surface area contributed by atoms with E-state index in [1.165, 1.54) is 21.3 Å². The number of hydrogen-bond acceptors (Lipinski definition) is 6. The number of nitrogens with one attached hydrogen (secondary N) is 1. The Morgan fingerprint density at radius 3 is 1.25 bits per heavy atom. The van der Waals surface area contributed by atoms with Gasteiger partial charge in [-0.3, -0.25) is 9.89 Å². The summed E-state index contributed by atoms with van der Waals surface area (Å²) in [6.45, 7) is 0.913. The molecule has 0 aliphatic carbocycles. The van der Waals surface area contributed by atoms with Crippen LogP contribution in [0.3, 0.4) is 0 Å². The molecule has 1 amide bonds. The number of methoxy groups -OCH3 is 4. The summed E-state index contributed by atoms with van der Waals surface area (Å²) in [5, 5.41) is 7.52. The van der Waals surface area contributed by atoms with Crippen LogP contribution in [0.2, 0.25) is 0 Å². The van der Waals surface area contributed by atoms with Crippen LogP contribution in [0, 0.1) is 0 Å². The highest BCUT2D eigenvalue weighted by Gasteiger charge is 2.52. The number of hydrogen-bond donors (Lipinski definition) is 1. The zero-order chi connectivity index (χ0) is 45.3. The van der Waals surface area contributed by atoms with Gasteiger partial charge in [0.05, 0.1) is 52.9 Å². The van der Waals surface area contributed by atoms with Crippen LogP contribution in [-0.4, -0.2) is 263 Å². The maximum Gasteiger partial charge on any atom is 0.254 e. The maximum absolute atomic E-state index is 13.2. The highest BCUT2D eigenvalue weighted by molar-refractivity contribution is 8.27. The number of ether oxygens (including phenoxy) is 4. The number of carbonyl (C=O) groups is 1. The molecule has 0 bridgehead atoms. The monoisotopic (exact) mass is 739 g/mol. The number of benzene rings is 2. The minimum Gasteiger partial charge on any atom is -0.497 e. The van der Waals surface area contributed by atoms with Crippen molar-refractivity contribution in [3.8, 4) is 34.3 Å². The van der Waals surface area contributed by atoms with Crippen molar-refractivity contribution in [2.45, 2.75) is 13.1 Å². The predicted molar refractivity (Wildman–Crippen MR) is 283 cm³/mol. The van der Waals surface area contributed by atoms with E-state index in [1.54, 1.807) is 24.1 Å². The summed E-state index contributed by atoms with van der Waals surface area (Å²) in [7, 11) is 103. The maximum atomic E-state index is 13.2. The van der Waals surface area contributed by atoms with Crippen molar-refractivity contribution in [3.05, 3.63) is 53.2 Å². The molecule has 38 heteroatoms. The van der Waals surface area contributed by atoms with Gasteiger partial charge in [0.1, 0.15) is 5.75 Å². The van der Waals surface area contributed by atoms with Crippen molar-refractivity contribution in [2.75, 3.05) is 28.4 Å². The average molecular weight is 734 g/mol. The SMILES string of the molecule is COc1ccc(-c2n[nH]c3c2CN(C(=O)c2cc(OC)c(OC)c(OC)c2)C3)cc1.[B]B([B])B(B([B])[B])B(B(B([B])[B])B([B])[B])B(B(B([B])[B])B([B])[B])B(B([B])[B])B([B])[B]. The van der Waals surface area contributed by atoms with Gasteiger partial charge in [-0.1, -0.05) is 0 Å². The number of rotatable bonds is 19. The molecule has 1 aliphatic rings. The largest absolute Gasteiger partial charge is 0.497 e. The van der Waals surface area contributed by atoms with E-state index in [1.807, 2.05) is 24.3 Å². The summed E-state index contributed by atoms with van der Waals surface area (Å²) in [6, 6.07) is 11.0. The van der Waals surface area contributed by atoms with Crippen LogP contribution in [-0.2, 0) is 13.1 Å². The van der Waals surface area contributed by atoms with E-state index in [0.29, 0.717) is 35.9 Å². The zero-order valence-electron chi connectivity index (χ0n) is 34.6. The van der Waals surface area contributed by atoms with Gasteiger partial charge in [0.15, 0.2) is 11.5 Å². The molecule has 0 saturated heterocycles. The highest BCUT2D eigenvalue weighted by atomic mass is 16.5. The third kappa shape index (κ3) is 12.5. The minimum absolute atomic E-state index is 0.125. The highest BCUT2D eigenvalue weighted by Crippen LogP contribution is 2.39. The van der Waals surface area contributed by atoms with E-state index < -0.39 is 89.4 Å². The number of fused-ring (bicyclic) bond motifs is 1. The Bertz CT molecular complexity index is 1670. The van der Waals surface area contributed by atoms with E-state index in [-0.39, 0.29) is 5.91 Å². The number of amides is 1. The quantitative estimate of drug-likeness (QED) is 0.123. The van der Waals surface area contributed by atoms with Crippen LogP contribution in [0.5, 0.6) is 23.0 Å². The number of aromatic nitrogens is 2. The molecule has 32 radical (unpaired) electrons. The van der Waals surface area contributed by atoms with E-state index in [9.17, 15) is 4.79 Å². The molecule has 0 spiro atoms. The van der Waals surface area contributed by atoms with Crippen molar-refractivity contribution in [2.24, 2.45) is 0 Å². The van der Waals surface area contributed by atoms with E-state index in [4.69, 9.17) is 143 Å². The Hall–Kier alpha value is -1.73. The molecule has 60 heavy (non-hydrogen) atoms. The van der Waals surface area contributed by atoms with E-state index in [0.717, 1.165) is 28.3 Å². The summed E-state index contributed by atoms with van der Waals surface area (Å²) in [6.07, 6.45) is -13.7. The molecule has 0 fully saturated rings. The Morgan fingerprint density at radius 1 is 0.550 bits per heavy atom. The van der Waals surface area contributed by atoms with Crippen LogP contribution in [0.25, 0.3) is 11.3 Å². The summed E-state index contributed by atoms with van der Waals surface area (Å²) in [5.74, 6) is 2.00. The Balaban J connectivity index is 0.000000320. The first-order chi connectivity index (χ1) is 28.2. The number of carbonyl (C=O) groups excluding carboxylic acids is 1. The minimum atomic E-state index is -1.07. The molecule has 0 atom stereocenters. The van der Waals surface area contributed by atoms with Crippen LogP contribution in [0.1, 0.15) is 21.6 Å². The molecular weight excluding hydrogens is 711 g/mol. The van der Waals surface area contributed by atoms with Crippen molar-refractivity contribution < 1.29 is 23.7 Å². The van der Waals surface area contributed by atoms with Crippen molar-refractivity contribution in [1.82, 2.24) is 15.1 Å². The fourth-order valence-corrected chi connectivity index (χ4v) is 8.28. The molecule has 1 N–H and O–H groups in total. The van der Waals surface area contributed by atoms with Gasteiger partial charge in [0.2, 0.25) is 5.75 Å². The van der Waals surface area contributed by atoms with Gasteiger partial charge in [-0.25, -0.2) is 0 Å². The second-order valence-electron chi connectivity index (χ2n) is 14.9. The third-order valence-corrected chi connectivity index (χ3v) is 11.0. The Morgan fingerprint density at radius 2 is 0.933 bits per heavy atom. The van der Waals surface area contributed by atoms with E-state index in [2.05, 4.69) is 10.2 Å². The number of aromatic amines is 1. The molecule has 8 nitrogen and oxygen atoms in total. The van der Waals surface area contributed by atoms with Gasteiger partial charge < -0.3 is 23.8 Å². The lowest BCUT2D eigenvalue weighted by molar-refractivity contribution is 0.0749. The summed E-state index contributed by atoms with van der Waals surface area (Å²) in [4.78, 5) is 15.0. The van der Waals surface area contributed by atoms with Crippen LogP contribution >= 0.6 is 0 Å². The zero-order valence-corrected chi connectivity index (χ0v) is 34.6. The lowest BCUT2D eigenvalue weighted by Crippen LogP contribution is -2.88. The third-order valence-electron chi connectivity index (χ3n) is 11.0. The molecule has 246 valence electrons. The molecule has 2 heterocycles. The molecule has 4 rings (SSSR count). The Labute approximate surface area is 384 Å². The fraction of sp³-hybridized carbons (Fsp3) is 0.273. The molecule has 0 saturated carbocycles. The van der Waals surface area contributed by atoms with Crippen molar-refractivity contribution in [1.29, 1.82) is 0 Å². The van der Waals surface area contributed by atoms with Gasteiger partial charge >= 0.3 is 0 Å². The summed E-state index contributed by atoms with van der Waals surface area (Å²) < 4.78 is 21.3. The second kappa shape index (κ2) is 23.8. The molecule has 2 aromatic carbocycles. The fourth-order valence-electron chi connectivity index (χ4n) is 8.28. The summed E-state index contributed by atoms with van der Waals surface area (Å²) >= 11 is 0. The van der Waals surface area contributed by atoms with E-state index >= 15 is 0 Å². The smallest absolute Gasteiger partial charge is 0.254 e. The van der Waals surface area contributed by atoms with Crippen LogP contribution < -0.4 is 18.9 Å². The molecule has 0 unspecified atom stereocenters. The van der Waals surface area contributed by atoms with Crippen LogP contribution in [0.4, 0.5) is 0 Å². The first-order valence-electron chi connectivity index (χ1n) is 19.1. The van der Waals surface area contributed by atoms with Gasteiger partial charge in [-0.2, -0.15) is 5.10 Å². The van der Waals surface area contributed by atoms with Crippen molar-refractivity contribution in [3.63, 3.8) is 0 Å². The van der Waals surface area contributed by atoms with Crippen LogP contribution in [0.15, 0.2) is 36.4 Å². The predicted octanol–water partition coefficient (Wildman–Crippen LogP) is -8.16. The second-order valence-corrected chi connectivity index (χ2v) is 14.9. The van der Waals surface area contributed by atoms with Gasteiger partial charge in [-0.05, 0) is 36.4 Å². The average Bonchev–Trinajstić information content (AvgIpc) is 3.77. The topological polar surface area (TPSA) is 85.9 Å². The molecule has 1 aromatic heterocycles. The lowest BCUT2D eigenvalue weighted by atomic mass is 8.31. The number of nitrogens with zero attached hydrogens (tertiary/aromatic N) is 2. The first-order valence-corrected chi connectivity index (χ1v) is 19.1. The van der Waals surface area contributed by atoms with Gasteiger partial charge in [0.25, 0.3) is 5.91 Å². The van der Waals surface area contributed by atoms with Gasteiger partial charge in [-0.15, -0.1) is 0 Å². The molecule has 1 aliphatic heterocycles. The molecular formula is C22H23B30N3O5. The standard InChI is InChI=1S/C22H23N3O5.B30/c1-27-15-7-5-13(6-8-15)20-16-11-25(12-17(16)23-24-20)22(26)14-9-18(28-2)21(30-4)19(10-14)29-3;1-17(2)25(18(3)4)29(26(19(5)6)20(7)8)30(27(21(9)10)22(11)12)28(23(13)14)24(15)16/h5-10H,11-12H2,1-4H3,(H,23,24);. The lowest BCUT2D eigenvalue weighted by Gasteiger charge is -2.50. The van der Waals surface area contributed by atoms with Gasteiger partial charge in [0, 0.05) is 230 Å².